The van der Waals surface area contributed by atoms with Crippen molar-refractivity contribution in [3.05, 3.63) is 0 Å². The van der Waals surface area contributed by atoms with Crippen molar-refractivity contribution in [2.45, 2.75) is 102 Å². The van der Waals surface area contributed by atoms with E-state index >= 15 is 0 Å². The minimum absolute atomic E-state index is 0.0575. The summed E-state index contributed by atoms with van der Waals surface area (Å²) in [6, 6.07) is -7.77. The molecule has 0 aromatic heterocycles. The molecule has 0 radical (unpaired) electrons. The predicted molar refractivity (Wildman–Crippen MR) is 142 cm³/mol. The zero-order chi connectivity index (χ0) is 32.7. The molecule has 238 valence electrons. The highest BCUT2D eigenvalue weighted by Crippen LogP contribution is 2.07. The highest BCUT2D eigenvalue weighted by molar-refractivity contribution is 5.93. The number of carbonyl (C=O) groups excluding carboxylic acids is 5. The van der Waals surface area contributed by atoms with Crippen LogP contribution in [0.25, 0.3) is 0 Å². The second-order valence-electron chi connectivity index (χ2n) is 9.64. The molecule has 0 saturated carbocycles. The second-order valence-corrected chi connectivity index (χ2v) is 9.64. The molecule has 18 heteroatoms. The molecular formula is C24H40N6O12. The van der Waals surface area contributed by atoms with Gasteiger partial charge in [0.25, 0.3) is 0 Å². The first kappa shape index (κ1) is 37.7. The SMILES string of the molecule is C[C@H](NC(=O)[C@@H](C)O)C(=O)N[C@H](CCC(=O)N[C@@H](CCC[C@@H](N)C(=O)O)C(=O)N[C@H](C)C(=O)N[C@H](C)C(=O)O)C(=O)O. The van der Waals surface area contributed by atoms with Crippen molar-refractivity contribution < 1.29 is 58.8 Å². The molecule has 0 rings (SSSR count). The normalized spacial score (nSPS) is 15.8. The predicted octanol–water partition coefficient (Wildman–Crippen LogP) is -3.62. The number of hydrogen-bond acceptors (Lipinski definition) is 10. The van der Waals surface area contributed by atoms with E-state index in [2.05, 4.69) is 26.6 Å². The van der Waals surface area contributed by atoms with Gasteiger partial charge in [-0.05, 0) is 53.4 Å². The molecule has 0 spiro atoms. The maximum atomic E-state index is 12.9. The van der Waals surface area contributed by atoms with Gasteiger partial charge >= 0.3 is 17.9 Å². The Hall–Kier alpha value is -4.32. The van der Waals surface area contributed by atoms with Crippen LogP contribution in [0.5, 0.6) is 0 Å². The van der Waals surface area contributed by atoms with Crippen LogP contribution in [0.4, 0.5) is 0 Å². The molecule has 5 amide bonds. The van der Waals surface area contributed by atoms with E-state index in [9.17, 15) is 48.6 Å². The summed E-state index contributed by atoms with van der Waals surface area (Å²) < 4.78 is 0. The standard InChI is InChI=1S/C24H40N6O12/c1-10(18(33)28-12(3)22(37)38)27-21(36)15(7-5-6-14(25)23(39)40)29-17(32)9-8-16(24(41)42)30-19(34)11(2)26-20(35)13(4)31/h10-16,31H,5-9,25H2,1-4H3,(H,26,35)(H,27,36)(H,28,33)(H,29,32)(H,30,34)(H,37,38)(H,39,40)(H,41,42)/t10-,11+,12-,13-,14-,15+,16-/m1/s1. The van der Waals surface area contributed by atoms with Crippen molar-refractivity contribution in [3.63, 3.8) is 0 Å². The number of carboxylic acids is 3. The average Bonchev–Trinajstić information content (AvgIpc) is 2.89. The third kappa shape index (κ3) is 14.4. The number of nitrogens with one attached hydrogen (secondary N) is 5. The Kier molecular flexibility index (Phi) is 16.3. The minimum Gasteiger partial charge on any atom is -0.480 e. The zero-order valence-electron chi connectivity index (χ0n) is 23.7. The lowest BCUT2D eigenvalue weighted by Gasteiger charge is -2.23. The van der Waals surface area contributed by atoms with Gasteiger partial charge in [0.2, 0.25) is 29.5 Å². The van der Waals surface area contributed by atoms with E-state index < -0.39 is 103 Å². The largest absolute Gasteiger partial charge is 0.480 e. The Morgan fingerprint density at radius 3 is 1.55 bits per heavy atom. The van der Waals surface area contributed by atoms with Crippen LogP contribution in [0.3, 0.4) is 0 Å². The first-order valence-electron chi connectivity index (χ1n) is 13.0. The molecule has 7 atom stereocenters. The number of nitrogens with two attached hydrogens (primary N) is 1. The second kappa shape index (κ2) is 18.2. The average molecular weight is 605 g/mol. The van der Waals surface area contributed by atoms with Gasteiger partial charge < -0.3 is 52.7 Å². The molecule has 0 saturated heterocycles. The van der Waals surface area contributed by atoms with Gasteiger partial charge in [0.05, 0.1) is 0 Å². The van der Waals surface area contributed by atoms with Crippen LogP contribution in [0.1, 0.15) is 59.8 Å². The number of hydrogen-bond donors (Lipinski definition) is 10. The van der Waals surface area contributed by atoms with Gasteiger partial charge in [-0.1, -0.05) is 0 Å². The van der Waals surface area contributed by atoms with E-state index in [0.29, 0.717) is 0 Å². The fraction of sp³-hybridized carbons (Fsp3) is 0.667. The van der Waals surface area contributed by atoms with Crippen LogP contribution in [0.2, 0.25) is 0 Å². The highest BCUT2D eigenvalue weighted by atomic mass is 16.4. The van der Waals surface area contributed by atoms with Crippen LogP contribution in [0, 0.1) is 0 Å². The van der Waals surface area contributed by atoms with E-state index in [4.69, 9.17) is 15.9 Å². The van der Waals surface area contributed by atoms with Crippen LogP contribution >= 0.6 is 0 Å². The summed E-state index contributed by atoms with van der Waals surface area (Å²) in [5.41, 5.74) is 5.47. The van der Waals surface area contributed by atoms with E-state index in [0.717, 1.165) is 0 Å². The summed E-state index contributed by atoms with van der Waals surface area (Å²) in [6.07, 6.45) is -2.43. The minimum atomic E-state index is -1.56. The number of aliphatic hydroxyl groups excluding tert-OH is 1. The molecule has 42 heavy (non-hydrogen) atoms. The van der Waals surface area contributed by atoms with E-state index in [-0.39, 0.29) is 19.3 Å². The number of aliphatic hydroxyl groups is 1. The fourth-order valence-corrected chi connectivity index (χ4v) is 3.21. The lowest BCUT2D eigenvalue weighted by atomic mass is 10.0. The molecule has 0 aliphatic rings. The zero-order valence-corrected chi connectivity index (χ0v) is 23.7. The van der Waals surface area contributed by atoms with Crippen molar-refractivity contribution in [2.24, 2.45) is 5.73 Å². The fourth-order valence-electron chi connectivity index (χ4n) is 3.21. The van der Waals surface area contributed by atoms with E-state index in [1.807, 2.05) is 0 Å². The number of rotatable bonds is 19. The molecule has 0 bridgehead atoms. The quantitative estimate of drug-likeness (QED) is 0.0682. The van der Waals surface area contributed by atoms with Gasteiger partial charge in [0.1, 0.15) is 42.4 Å². The maximum Gasteiger partial charge on any atom is 0.326 e. The molecule has 0 heterocycles. The Bertz CT molecular complexity index is 1020. The summed E-state index contributed by atoms with van der Waals surface area (Å²) in [7, 11) is 0. The molecule has 0 fully saturated rings. The van der Waals surface area contributed by atoms with Gasteiger partial charge in [0, 0.05) is 6.42 Å². The van der Waals surface area contributed by atoms with Crippen molar-refractivity contribution >= 4 is 47.4 Å². The molecule has 0 unspecified atom stereocenters. The van der Waals surface area contributed by atoms with Gasteiger partial charge in [-0.2, -0.15) is 0 Å². The lowest BCUT2D eigenvalue weighted by Crippen LogP contribution is -2.54. The monoisotopic (exact) mass is 604 g/mol. The Morgan fingerprint density at radius 1 is 0.571 bits per heavy atom. The smallest absolute Gasteiger partial charge is 0.326 e. The summed E-state index contributed by atoms with van der Waals surface area (Å²) in [5.74, 6) is -8.33. The van der Waals surface area contributed by atoms with Crippen LogP contribution in [-0.4, -0.2) is 110 Å². The number of carbonyl (C=O) groups is 8. The number of aliphatic carboxylic acids is 3. The summed E-state index contributed by atoms with van der Waals surface area (Å²) in [5, 5.41) is 47.8. The van der Waals surface area contributed by atoms with Gasteiger partial charge in [-0.15, -0.1) is 0 Å². The topological polar surface area (TPSA) is 304 Å². The molecule has 0 aliphatic carbocycles. The third-order valence-electron chi connectivity index (χ3n) is 5.86. The Labute approximate surface area is 241 Å². The first-order chi connectivity index (χ1) is 19.4. The van der Waals surface area contributed by atoms with E-state index in [1.165, 1.54) is 27.7 Å². The van der Waals surface area contributed by atoms with Crippen LogP contribution in [-0.2, 0) is 38.4 Å². The van der Waals surface area contributed by atoms with Gasteiger partial charge in [0.15, 0.2) is 0 Å². The molecular weight excluding hydrogens is 564 g/mol. The third-order valence-corrected chi connectivity index (χ3v) is 5.86. The molecule has 18 nitrogen and oxygen atoms in total. The van der Waals surface area contributed by atoms with Crippen molar-refractivity contribution in [3.8, 4) is 0 Å². The summed E-state index contributed by atoms with van der Waals surface area (Å²) in [6.45, 7) is 4.90. The maximum absolute atomic E-state index is 12.9. The van der Waals surface area contributed by atoms with Gasteiger partial charge in [-0.3, -0.25) is 33.6 Å². The Morgan fingerprint density at radius 2 is 1.07 bits per heavy atom. The van der Waals surface area contributed by atoms with Crippen molar-refractivity contribution in [2.75, 3.05) is 0 Å². The molecule has 0 aromatic rings. The van der Waals surface area contributed by atoms with Crippen LogP contribution in [0.15, 0.2) is 0 Å². The van der Waals surface area contributed by atoms with Gasteiger partial charge in [-0.25, -0.2) is 4.79 Å². The summed E-state index contributed by atoms with van der Waals surface area (Å²) in [4.78, 5) is 95.1. The number of amides is 5. The van der Waals surface area contributed by atoms with Crippen molar-refractivity contribution in [1.82, 2.24) is 26.6 Å². The lowest BCUT2D eigenvalue weighted by molar-refractivity contribution is -0.143. The molecule has 0 aliphatic heterocycles. The van der Waals surface area contributed by atoms with Crippen LogP contribution < -0.4 is 32.3 Å². The molecule has 11 N–H and O–H groups in total. The first-order valence-corrected chi connectivity index (χ1v) is 13.0. The van der Waals surface area contributed by atoms with Crippen molar-refractivity contribution in [1.29, 1.82) is 0 Å². The number of carboxylic acid groups (broad SMARTS) is 3. The Balaban J connectivity index is 5.36. The summed E-state index contributed by atoms with van der Waals surface area (Å²) >= 11 is 0. The highest BCUT2D eigenvalue weighted by Gasteiger charge is 2.28. The van der Waals surface area contributed by atoms with E-state index in [1.54, 1.807) is 0 Å². The molecule has 0 aromatic carbocycles.